The van der Waals surface area contributed by atoms with E-state index in [4.69, 9.17) is 0 Å². The van der Waals surface area contributed by atoms with Crippen LogP contribution in [0, 0.1) is 0 Å². The predicted molar refractivity (Wildman–Crippen MR) is 114 cm³/mol. The number of rotatable bonds is 5. The van der Waals surface area contributed by atoms with Crippen molar-refractivity contribution in [2.75, 3.05) is 0 Å². The standard InChI is InChI=1S/C25H19NO2/c27-25(28)21-12-7-13-23(18-21)26-22(15-14-19-8-3-1-4-9-19)16-17-24(26)20-10-5-2-6-11-20/h1-18H,(H,27,28). The number of carboxylic acid groups (broad SMARTS) is 1. The summed E-state index contributed by atoms with van der Waals surface area (Å²) < 4.78 is 2.08. The van der Waals surface area contributed by atoms with Crippen LogP contribution in [0.3, 0.4) is 0 Å². The Morgan fingerprint density at radius 1 is 0.750 bits per heavy atom. The topological polar surface area (TPSA) is 42.2 Å². The maximum absolute atomic E-state index is 11.5. The summed E-state index contributed by atoms with van der Waals surface area (Å²) in [6, 6.07) is 31.3. The van der Waals surface area contributed by atoms with Gasteiger partial charge >= 0.3 is 5.97 Å². The number of aromatic nitrogens is 1. The highest BCUT2D eigenvalue weighted by Crippen LogP contribution is 2.28. The first-order valence-electron chi connectivity index (χ1n) is 9.06. The van der Waals surface area contributed by atoms with Gasteiger partial charge in [0.25, 0.3) is 0 Å². The number of nitrogens with zero attached hydrogens (tertiary/aromatic N) is 1. The zero-order valence-electron chi connectivity index (χ0n) is 15.2. The molecule has 4 rings (SSSR count). The van der Waals surface area contributed by atoms with E-state index in [-0.39, 0.29) is 5.56 Å². The number of hydrogen-bond acceptors (Lipinski definition) is 1. The van der Waals surface area contributed by atoms with Crippen molar-refractivity contribution in [3.63, 3.8) is 0 Å². The highest BCUT2D eigenvalue weighted by atomic mass is 16.4. The van der Waals surface area contributed by atoms with Gasteiger partial charge in [0.05, 0.1) is 11.3 Å². The van der Waals surface area contributed by atoms with Gasteiger partial charge in [0.1, 0.15) is 0 Å². The molecule has 3 nitrogen and oxygen atoms in total. The summed E-state index contributed by atoms with van der Waals surface area (Å²) in [5.41, 5.74) is 5.25. The summed E-state index contributed by atoms with van der Waals surface area (Å²) in [4.78, 5) is 11.5. The molecule has 0 spiro atoms. The Morgan fingerprint density at radius 2 is 1.46 bits per heavy atom. The maximum Gasteiger partial charge on any atom is 0.335 e. The van der Waals surface area contributed by atoms with Crippen molar-refractivity contribution in [2.24, 2.45) is 0 Å². The molecule has 0 bridgehead atoms. The summed E-state index contributed by atoms with van der Waals surface area (Å²) in [5.74, 6) is -0.934. The molecule has 0 saturated carbocycles. The van der Waals surface area contributed by atoms with Crippen molar-refractivity contribution in [1.82, 2.24) is 4.57 Å². The second-order valence-electron chi connectivity index (χ2n) is 6.44. The molecule has 0 aliphatic rings. The zero-order chi connectivity index (χ0) is 19.3. The highest BCUT2D eigenvalue weighted by molar-refractivity contribution is 5.88. The zero-order valence-corrected chi connectivity index (χ0v) is 15.2. The van der Waals surface area contributed by atoms with Gasteiger partial charge in [-0.1, -0.05) is 72.8 Å². The second kappa shape index (κ2) is 7.80. The molecule has 0 aliphatic carbocycles. The molecular weight excluding hydrogens is 346 g/mol. The highest BCUT2D eigenvalue weighted by Gasteiger charge is 2.12. The van der Waals surface area contributed by atoms with Crippen molar-refractivity contribution >= 4 is 18.1 Å². The molecule has 3 aromatic carbocycles. The van der Waals surface area contributed by atoms with Crippen molar-refractivity contribution in [1.29, 1.82) is 0 Å². The lowest BCUT2D eigenvalue weighted by Crippen LogP contribution is -2.02. The van der Waals surface area contributed by atoms with E-state index in [0.29, 0.717) is 0 Å². The monoisotopic (exact) mass is 365 g/mol. The minimum atomic E-state index is -0.934. The summed E-state index contributed by atoms with van der Waals surface area (Å²) in [6.07, 6.45) is 4.11. The van der Waals surface area contributed by atoms with Gasteiger partial charge in [-0.2, -0.15) is 0 Å². The first-order chi connectivity index (χ1) is 13.7. The molecule has 0 atom stereocenters. The fourth-order valence-electron chi connectivity index (χ4n) is 3.23. The number of benzene rings is 3. The summed E-state index contributed by atoms with van der Waals surface area (Å²) >= 11 is 0. The van der Waals surface area contributed by atoms with Crippen molar-refractivity contribution in [3.05, 3.63) is 114 Å². The average molecular weight is 365 g/mol. The van der Waals surface area contributed by atoms with Crippen LogP contribution in [0.1, 0.15) is 21.6 Å². The minimum absolute atomic E-state index is 0.267. The van der Waals surface area contributed by atoms with Crippen molar-refractivity contribution in [3.8, 4) is 16.9 Å². The summed E-state index contributed by atoms with van der Waals surface area (Å²) in [5, 5.41) is 9.39. The van der Waals surface area contributed by atoms with Gasteiger partial charge in [-0.3, -0.25) is 0 Å². The third-order valence-electron chi connectivity index (χ3n) is 4.58. The van der Waals surface area contributed by atoms with Crippen LogP contribution in [0.25, 0.3) is 29.1 Å². The Hall–Kier alpha value is -3.85. The molecule has 0 radical (unpaired) electrons. The van der Waals surface area contributed by atoms with Gasteiger partial charge < -0.3 is 9.67 Å². The fourth-order valence-corrected chi connectivity index (χ4v) is 3.23. The van der Waals surface area contributed by atoms with E-state index >= 15 is 0 Å². The first kappa shape index (κ1) is 17.6. The Labute approximate surface area is 163 Å². The molecule has 0 fully saturated rings. The van der Waals surface area contributed by atoms with Crippen LogP contribution in [-0.2, 0) is 0 Å². The molecule has 28 heavy (non-hydrogen) atoms. The fraction of sp³-hybridized carbons (Fsp3) is 0. The van der Waals surface area contributed by atoms with E-state index < -0.39 is 5.97 Å². The molecular formula is C25H19NO2. The molecule has 136 valence electrons. The van der Waals surface area contributed by atoms with E-state index in [9.17, 15) is 9.90 Å². The Morgan fingerprint density at radius 3 is 2.18 bits per heavy atom. The molecule has 1 aromatic heterocycles. The van der Waals surface area contributed by atoms with Crippen molar-refractivity contribution in [2.45, 2.75) is 0 Å². The molecule has 4 aromatic rings. The smallest absolute Gasteiger partial charge is 0.335 e. The van der Waals surface area contributed by atoms with Crippen LogP contribution in [0.4, 0.5) is 0 Å². The van der Waals surface area contributed by atoms with Crippen LogP contribution < -0.4 is 0 Å². The summed E-state index contributed by atoms with van der Waals surface area (Å²) in [7, 11) is 0. The van der Waals surface area contributed by atoms with E-state index in [1.165, 1.54) is 0 Å². The van der Waals surface area contributed by atoms with E-state index in [1.807, 2.05) is 54.6 Å². The van der Waals surface area contributed by atoms with E-state index in [1.54, 1.807) is 18.2 Å². The van der Waals surface area contributed by atoms with E-state index in [2.05, 4.69) is 41.0 Å². The Kier molecular flexibility index (Phi) is 4.89. The minimum Gasteiger partial charge on any atom is -0.478 e. The van der Waals surface area contributed by atoms with Crippen LogP contribution in [0.5, 0.6) is 0 Å². The lowest BCUT2D eigenvalue weighted by atomic mass is 10.1. The van der Waals surface area contributed by atoms with Crippen LogP contribution in [0.15, 0.2) is 97.1 Å². The SMILES string of the molecule is O=C(O)c1cccc(-n2c(C=Cc3ccccc3)ccc2-c2ccccc2)c1. The molecule has 0 aliphatic heterocycles. The predicted octanol–water partition coefficient (Wildman–Crippen LogP) is 6.01. The molecule has 1 N–H and O–H groups in total. The third kappa shape index (κ3) is 3.64. The van der Waals surface area contributed by atoms with E-state index in [0.717, 1.165) is 28.2 Å². The quantitative estimate of drug-likeness (QED) is 0.470. The number of hydrogen-bond donors (Lipinski definition) is 1. The molecule has 3 heteroatoms. The molecule has 1 heterocycles. The average Bonchev–Trinajstić information content (AvgIpc) is 3.18. The second-order valence-corrected chi connectivity index (χ2v) is 6.44. The van der Waals surface area contributed by atoms with Gasteiger partial charge in [0.15, 0.2) is 0 Å². The van der Waals surface area contributed by atoms with Gasteiger partial charge in [0, 0.05) is 11.4 Å². The van der Waals surface area contributed by atoms with Gasteiger partial charge in [-0.25, -0.2) is 4.79 Å². The maximum atomic E-state index is 11.5. The number of carbonyl (C=O) groups is 1. The lowest BCUT2D eigenvalue weighted by Gasteiger charge is -2.13. The largest absolute Gasteiger partial charge is 0.478 e. The van der Waals surface area contributed by atoms with Crippen LogP contribution in [0.2, 0.25) is 0 Å². The number of aromatic carboxylic acids is 1. The summed E-state index contributed by atoms with van der Waals surface area (Å²) in [6.45, 7) is 0. The van der Waals surface area contributed by atoms with Gasteiger partial charge in [0.2, 0.25) is 0 Å². The lowest BCUT2D eigenvalue weighted by molar-refractivity contribution is 0.0697. The normalized spacial score (nSPS) is 11.0. The molecule has 0 saturated heterocycles. The molecule has 0 amide bonds. The number of carboxylic acids is 1. The Balaban J connectivity index is 1.86. The Bertz CT molecular complexity index is 1130. The van der Waals surface area contributed by atoms with Crippen LogP contribution in [-0.4, -0.2) is 15.6 Å². The van der Waals surface area contributed by atoms with Gasteiger partial charge in [-0.15, -0.1) is 0 Å². The first-order valence-corrected chi connectivity index (χ1v) is 9.06. The van der Waals surface area contributed by atoms with Gasteiger partial charge in [-0.05, 0) is 47.5 Å². The van der Waals surface area contributed by atoms with Crippen LogP contribution >= 0.6 is 0 Å². The molecule has 0 unspecified atom stereocenters. The third-order valence-corrected chi connectivity index (χ3v) is 4.58. The van der Waals surface area contributed by atoms with Crippen molar-refractivity contribution < 1.29 is 9.90 Å².